The number of hydrogen-bond donors (Lipinski definition) is 3. The van der Waals surface area contributed by atoms with Gasteiger partial charge in [-0.15, -0.1) is 0 Å². The van der Waals surface area contributed by atoms with E-state index in [2.05, 4.69) is 12.2 Å². The van der Waals surface area contributed by atoms with Crippen molar-refractivity contribution >= 4 is 5.91 Å². The zero-order valence-electron chi connectivity index (χ0n) is 12.4. The van der Waals surface area contributed by atoms with E-state index in [9.17, 15) is 9.90 Å². The first kappa shape index (κ1) is 16.4. The van der Waals surface area contributed by atoms with Crippen LogP contribution in [0.2, 0.25) is 0 Å². The number of amides is 1. The van der Waals surface area contributed by atoms with E-state index >= 15 is 0 Å². The fourth-order valence-electron chi connectivity index (χ4n) is 2.66. The summed E-state index contributed by atoms with van der Waals surface area (Å²) in [5, 5.41) is 12.9. The Labute approximate surface area is 115 Å². The van der Waals surface area contributed by atoms with Gasteiger partial charge in [-0.05, 0) is 25.7 Å². The maximum atomic E-state index is 12.2. The first-order valence-electron chi connectivity index (χ1n) is 7.07. The average Bonchev–Trinajstić information content (AvgIpc) is 2.33. The molecule has 1 fully saturated rings. The van der Waals surface area contributed by atoms with Crippen LogP contribution >= 0.6 is 0 Å². The number of nitrogens with one attached hydrogen (secondary N) is 1. The molecule has 0 bridgehead atoms. The lowest BCUT2D eigenvalue weighted by molar-refractivity contribution is -0.129. The molecule has 5 heteroatoms. The summed E-state index contributed by atoms with van der Waals surface area (Å²) >= 11 is 0. The third kappa shape index (κ3) is 5.09. The normalized spacial score (nSPS) is 30.7. The standard InChI is InChI=1S/C14H28N2O3/c1-11-5-4-6-14(15,9-11)12(17)16-10-13(2,18)7-8-19-3/h11,18H,4-10,15H2,1-3H3,(H,16,17). The van der Waals surface area contributed by atoms with Crippen LogP contribution in [0.1, 0.15) is 46.0 Å². The van der Waals surface area contributed by atoms with E-state index in [1.165, 1.54) is 0 Å². The lowest BCUT2D eigenvalue weighted by Gasteiger charge is -2.36. The minimum absolute atomic E-state index is 0.142. The Morgan fingerprint density at radius 3 is 2.89 bits per heavy atom. The maximum absolute atomic E-state index is 12.2. The van der Waals surface area contributed by atoms with Crippen LogP contribution in [-0.2, 0) is 9.53 Å². The predicted molar refractivity (Wildman–Crippen MR) is 74.7 cm³/mol. The molecule has 1 aliphatic rings. The highest BCUT2D eigenvalue weighted by Gasteiger charge is 2.38. The van der Waals surface area contributed by atoms with Crippen molar-refractivity contribution in [1.29, 1.82) is 0 Å². The molecule has 112 valence electrons. The molecule has 1 aliphatic carbocycles. The smallest absolute Gasteiger partial charge is 0.240 e. The Morgan fingerprint density at radius 1 is 1.63 bits per heavy atom. The number of hydrogen-bond acceptors (Lipinski definition) is 4. The van der Waals surface area contributed by atoms with Crippen LogP contribution in [-0.4, -0.2) is 42.4 Å². The fourth-order valence-corrected chi connectivity index (χ4v) is 2.66. The molecule has 0 spiro atoms. The summed E-state index contributed by atoms with van der Waals surface area (Å²) in [6.07, 6.45) is 4.06. The molecule has 3 atom stereocenters. The van der Waals surface area contributed by atoms with Crippen molar-refractivity contribution in [2.75, 3.05) is 20.3 Å². The van der Waals surface area contributed by atoms with Gasteiger partial charge in [-0.1, -0.05) is 19.8 Å². The summed E-state index contributed by atoms with van der Waals surface area (Å²) in [7, 11) is 1.59. The highest BCUT2D eigenvalue weighted by Crippen LogP contribution is 2.30. The third-order valence-corrected chi connectivity index (χ3v) is 3.96. The zero-order chi connectivity index (χ0) is 14.5. The average molecular weight is 272 g/mol. The van der Waals surface area contributed by atoms with E-state index in [1.807, 2.05) is 0 Å². The van der Waals surface area contributed by atoms with Gasteiger partial charge in [-0.2, -0.15) is 0 Å². The molecule has 1 rings (SSSR count). The van der Waals surface area contributed by atoms with Crippen molar-refractivity contribution < 1.29 is 14.6 Å². The molecule has 0 heterocycles. The van der Waals surface area contributed by atoms with Gasteiger partial charge in [0.1, 0.15) is 0 Å². The van der Waals surface area contributed by atoms with Gasteiger partial charge in [0, 0.05) is 26.7 Å². The van der Waals surface area contributed by atoms with Crippen molar-refractivity contribution in [2.24, 2.45) is 11.7 Å². The van der Waals surface area contributed by atoms with Gasteiger partial charge in [-0.25, -0.2) is 0 Å². The molecule has 5 nitrogen and oxygen atoms in total. The summed E-state index contributed by atoms with van der Waals surface area (Å²) in [6.45, 7) is 4.50. The predicted octanol–water partition coefficient (Wildman–Crippen LogP) is 0.798. The zero-order valence-corrected chi connectivity index (χ0v) is 12.4. The van der Waals surface area contributed by atoms with E-state index < -0.39 is 11.1 Å². The van der Waals surface area contributed by atoms with Crippen LogP contribution in [0.3, 0.4) is 0 Å². The Bertz CT molecular complexity index is 307. The van der Waals surface area contributed by atoms with E-state index in [1.54, 1.807) is 14.0 Å². The molecule has 0 aromatic carbocycles. The van der Waals surface area contributed by atoms with E-state index in [0.29, 0.717) is 18.9 Å². The van der Waals surface area contributed by atoms with Crippen LogP contribution in [0.4, 0.5) is 0 Å². The van der Waals surface area contributed by atoms with Crippen molar-refractivity contribution in [3.8, 4) is 0 Å². The van der Waals surface area contributed by atoms with Gasteiger partial charge < -0.3 is 20.9 Å². The Kier molecular flexibility index (Phi) is 5.77. The van der Waals surface area contributed by atoms with Crippen molar-refractivity contribution in [3.63, 3.8) is 0 Å². The second kappa shape index (κ2) is 6.68. The maximum Gasteiger partial charge on any atom is 0.240 e. The van der Waals surface area contributed by atoms with Gasteiger partial charge in [0.05, 0.1) is 11.1 Å². The minimum Gasteiger partial charge on any atom is -0.388 e. The fraction of sp³-hybridized carbons (Fsp3) is 0.929. The topological polar surface area (TPSA) is 84.6 Å². The van der Waals surface area contributed by atoms with E-state index in [-0.39, 0.29) is 12.5 Å². The molecule has 0 aliphatic heterocycles. The second-order valence-corrected chi connectivity index (χ2v) is 6.28. The summed E-state index contributed by atoms with van der Waals surface area (Å²) < 4.78 is 4.94. The molecule has 1 saturated carbocycles. The molecule has 19 heavy (non-hydrogen) atoms. The molecule has 1 amide bonds. The molecular formula is C14H28N2O3. The summed E-state index contributed by atoms with van der Waals surface area (Å²) in [4.78, 5) is 12.2. The van der Waals surface area contributed by atoms with Gasteiger partial charge in [0.2, 0.25) is 5.91 Å². The number of carbonyl (C=O) groups excluding carboxylic acids is 1. The summed E-state index contributed by atoms with van der Waals surface area (Å²) in [5.74, 6) is 0.343. The first-order valence-corrected chi connectivity index (χ1v) is 7.07. The Hall–Kier alpha value is -0.650. The minimum atomic E-state index is -0.956. The van der Waals surface area contributed by atoms with Crippen LogP contribution in [0, 0.1) is 5.92 Å². The number of rotatable bonds is 6. The molecule has 0 aromatic rings. The highest BCUT2D eigenvalue weighted by atomic mass is 16.5. The summed E-state index contributed by atoms with van der Waals surface area (Å²) in [5.41, 5.74) is 4.48. The third-order valence-electron chi connectivity index (χ3n) is 3.96. The molecule has 0 aromatic heterocycles. The molecule has 4 N–H and O–H groups in total. The molecule has 3 unspecified atom stereocenters. The largest absolute Gasteiger partial charge is 0.388 e. The molecule has 0 radical (unpaired) electrons. The lowest BCUT2D eigenvalue weighted by atomic mass is 9.76. The van der Waals surface area contributed by atoms with Crippen LogP contribution in [0.25, 0.3) is 0 Å². The number of methoxy groups -OCH3 is 1. The highest BCUT2D eigenvalue weighted by molar-refractivity contribution is 5.86. The lowest BCUT2D eigenvalue weighted by Crippen LogP contribution is -2.58. The SMILES string of the molecule is COCCC(C)(O)CNC(=O)C1(N)CCCC(C)C1. The van der Waals surface area contributed by atoms with Crippen LogP contribution in [0.5, 0.6) is 0 Å². The second-order valence-electron chi connectivity index (χ2n) is 6.28. The van der Waals surface area contributed by atoms with Gasteiger partial charge in [-0.3, -0.25) is 4.79 Å². The van der Waals surface area contributed by atoms with Gasteiger partial charge in [0.15, 0.2) is 0 Å². The van der Waals surface area contributed by atoms with Crippen molar-refractivity contribution in [2.45, 2.75) is 57.1 Å². The quantitative estimate of drug-likeness (QED) is 0.667. The molecule has 0 saturated heterocycles. The summed E-state index contributed by atoms with van der Waals surface area (Å²) in [6, 6.07) is 0. The van der Waals surface area contributed by atoms with E-state index in [0.717, 1.165) is 25.7 Å². The van der Waals surface area contributed by atoms with Gasteiger partial charge >= 0.3 is 0 Å². The number of aliphatic hydroxyl groups is 1. The van der Waals surface area contributed by atoms with Crippen LogP contribution in [0.15, 0.2) is 0 Å². The monoisotopic (exact) mass is 272 g/mol. The first-order chi connectivity index (χ1) is 8.79. The van der Waals surface area contributed by atoms with Crippen LogP contribution < -0.4 is 11.1 Å². The Balaban J connectivity index is 2.46. The van der Waals surface area contributed by atoms with Crippen molar-refractivity contribution in [1.82, 2.24) is 5.32 Å². The van der Waals surface area contributed by atoms with Gasteiger partial charge in [0.25, 0.3) is 0 Å². The number of nitrogens with two attached hydrogens (primary N) is 1. The van der Waals surface area contributed by atoms with E-state index in [4.69, 9.17) is 10.5 Å². The number of ether oxygens (including phenoxy) is 1. The van der Waals surface area contributed by atoms with Crippen molar-refractivity contribution in [3.05, 3.63) is 0 Å². The Morgan fingerprint density at radius 2 is 2.32 bits per heavy atom. The molecular weight excluding hydrogens is 244 g/mol. The number of carbonyl (C=O) groups is 1.